The minimum Gasteiger partial charge on any atom is -0.491 e. The van der Waals surface area contributed by atoms with Crippen LogP contribution < -0.4 is 20.7 Å². The van der Waals surface area contributed by atoms with E-state index < -0.39 is 0 Å². The molecule has 0 fully saturated rings. The van der Waals surface area contributed by atoms with Crippen LogP contribution in [0.1, 0.15) is 46.5 Å². The van der Waals surface area contributed by atoms with Gasteiger partial charge in [-0.2, -0.15) is 0 Å². The van der Waals surface area contributed by atoms with Crippen LogP contribution in [-0.4, -0.2) is 23.0 Å². The number of para-hydroxylation sites is 1. The Morgan fingerprint density at radius 1 is 0.909 bits per heavy atom. The number of benzene rings is 3. The zero-order valence-electron chi connectivity index (χ0n) is 18.6. The first kappa shape index (κ1) is 23.9. The van der Waals surface area contributed by atoms with Crippen LogP contribution in [0, 0.1) is 0 Å². The predicted molar refractivity (Wildman–Crippen MR) is 135 cm³/mol. The molecule has 1 atom stereocenters. The fourth-order valence-electron chi connectivity index (χ4n) is 2.99. The van der Waals surface area contributed by atoms with Crippen LogP contribution >= 0.6 is 12.2 Å². The smallest absolute Gasteiger partial charge is 0.257 e. The Morgan fingerprint density at radius 2 is 1.58 bits per heavy atom. The molecule has 0 bridgehead atoms. The molecular formula is C26H27N3O3S. The highest BCUT2D eigenvalue weighted by Gasteiger charge is 2.14. The number of anilines is 1. The molecule has 1 unspecified atom stereocenters. The van der Waals surface area contributed by atoms with Gasteiger partial charge in [0, 0.05) is 12.1 Å². The minimum absolute atomic E-state index is 0.100. The second-order valence-electron chi connectivity index (χ2n) is 7.48. The highest BCUT2D eigenvalue weighted by atomic mass is 32.1. The van der Waals surface area contributed by atoms with Crippen molar-refractivity contribution in [1.29, 1.82) is 0 Å². The molecule has 3 rings (SSSR count). The Labute approximate surface area is 199 Å². The van der Waals surface area contributed by atoms with Crippen molar-refractivity contribution in [3.05, 3.63) is 95.6 Å². The van der Waals surface area contributed by atoms with E-state index >= 15 is 0 Å². The van der Waals surface area contributed by atoms with E-state index in [4.69, 9.17) is 17.0 Å². The molecule has 7 heteroatoms. The van der Waals surface area contributed by atoms with Crippen molar-refractivity contribution in [2.75, 3.05) is 5.32 Å². The van der Waals surface area contributed by atoms with Gasteiger partial charge in [0.05, 0.1) is 17.4 Å². The number of thiocarbonyl (C=S) groups is 1. The van der Waals surface area contributed by atoms with E-state index in [1.807, 2.05) is 44.2 Å². The molecule has 170 valence electrons. The van der Waals surface area contributed by atoms with E-state index in [0.29, 0.717) is 29.1 Å². The summed E-state index contributed by atoms with van der Waals surface area (Å²) in [7, 11) is 0. The largest absolute Gasteiger partial charge is 0.491 e. The van der Waals surface area contributed by atoms with Gasteiger partial charge in [-0.3, -0.25) is 14.9 Å². The van der Waals surface area contributed by atoms with Crippen LogP contribution in [-0.2, 0) is 6.54 Å². The van der Waals surface area contributed by atoms with Gasteiger partial charge in [-0.05, 0) is 67.5 Å². The van der Waals surface area contributed by atoms with E-state index in [1.54, 1.807) is 48.5 Å². The molecule has 0 saturated heterocycles. The lowest BCUT2D eigenvalue weighted by molar-refractivity contribution is 0.0950. The van der Waals surface area contributed by atoms with Gasteiger partial charge in [-0.25, -0.2) is 0 Å². The molecule has 0 aliphatic rings. The summed E-state index contributed by atoms with van der Waals surface area (Å²) in [5, 5.41) is 8.60. The molecule has 6 nitrogen and oxygen atoms in total. The first-order chi connectivity index (χ1) is 16.0. The maximum atomic E-state index is 12.7. The van der Waals surface area contributed by atoms with Crippen LogP contribution in [0.25, 0.3) is 0 Å². The molecule has 2 amide bonds. The summed E-state index contributed by atoms with van der Waals surface area (Å²) in [6, 6.07) is 23.5. The molecule has 3 aromatic carbocycles. The van der Waals surface area contributed by atoms with Gasteiger partial charge in [-0.1, -0.05) is 49.4 Å². The molecule has 0 aromatic heterocycles. The summed E-state index contributed by atoms with van der Waals surface area (Å²) in [6.45, 7) is 4.45. The monoisotopic (exact) mass is 461 g/mol. The number of rotatable bonds is 8. The van der Waals surface area contributed by atoms with Crippen molar-refractivity contribution < 1.29 is 14.3 Å². The van der Waals surface area contributed by atoms with Crippen molar-refractivity contribution in [2.45, 2.75) is 32.9 Å². The number of hydrogen-bond acceptors (Lipinski definition) is 4. The molecule has 0 aliphatic heterocycles. The van der Waals surface area contributed by atoms with Crippen LogP contribution in [0.4, 0.5) is 5.69 Å². The lowest BCUT2D eigenvalue weighted by Gasteiger charge is -2.14. The average Bonchev–Trinajstić information content (AvgIpc) is 2.83. The van der Waals surface area contributed by atoms with Crippen LogP contribution in [0.15, 0.2) is 78.9 Å². The van der Waals surface area contributed by atoms with Gasteiger partial charge in [0.2, 0.25) is 0 Å². The van der Waals surface area contributed by atoms with Gasteiger partial charge in [0.1, 0.15) is 5.75 Å². The number of carbonyl (C=O) groups excluding carboxylic acids is 2. The van der Waals surface area contributed by atoms with Gasteiger partial charge in [0.25, 0.3) is 11.8 Å². The highest BCUT2D eigenvalue weighted by molar-refractivity contribution is 7.80. The molecule has 3 aromatic rings. The number of amides is 2. The topological polar surface area (TPSA) is 79.5 Å². The van der Waals surface area contributed by atoms with E-state index in [9.17, 15) is 9.59 Å². The Hall–Kier alpha value is -3.71. The third-order valence-corrected chi connectivity index (χ3v) is 5.18. The average molecular weight is 462 g/mol. The fourth-order valence-corrected chi connectivity index (χ4v) is 3.20. The van der Waals surface area contributed by atoms with Gasteiger partial charge in [0.15, 0.2) is 5.11 Å². The molecule has 0 radical (unpaired) electrons. The van der Waals surface area contributed by atoms with Gasteiger partial charge >= 0.3 is 0 Å². The summed E-state index contributed by atoms with van der Waals surface area (Å²) in [5.74, 6) is 0.110. The Bertz CT molecular complexity index is 1100. The summed E-state index contributed by atoms with van der Waals surface area (Å²) < 4.78 is 5.73. The number of carbonyl (C=O) groups is 2. The summed E-state index contributed by atoms with van der Waals surface area (Å²) in [5.41, 5.74) is 2.38. The van der Waals surface area contributed by atoms with E-state index in [0.717, 1.165) is 12.0 Å². The summed E-state index contributed by atoms with van der Waals surface area (Å²) >= 11 is 5.30. The van der Waals surface area contributed by atoms with E-state index in [1.165, 1.54) is 0 Å². The van der Waals surface area contributed by atoms with Crippen LogP contribution in [0.2, 0.25) is 0 Å². The summed E-state index contributed by atoms with van der Waals surface area (Å²) in [4.78, 5) is 25.3. The minimum atomic E-state index is -0.353. The molecular weight excluding hydrogens is 434 g/mol. The molecule has 0 aliphatic carbocycles. The van der Waals surface area contributed by atoms with Gasteiger partial charge in [-0.15, -0.1) is 0 Å². The first-order valence-electron chi connectivity index (χ1n) is 10.8. The molecule has 0 spiro atoms. The number of nitrogens with one attached hydrogen (secondary N) is 3. The van der Waals surface area contributed by atoms with E-state index in [-0.39, 0.29) is 23.0 Å². The van der Waals surface area contributed by atoms with Crippen molar-refractivity contribution in [1.82, 2.24) is 10.6 Å². The maximum Gasteiger partial charge on any atom is 0.257 e. The second-order valence-corrected chi connectivity index (χ2v) is 7.89. The number of ether oxygens (including phenoxy) is 1. The van der Waals surface area contributed by atoms with E-state index in [2.05, 4.69) is 16.0 Å². The standard InChI is InChI=1S/C26H27N3O3S/c1-3-18(2)32-21-15-13-20(14-16-21)24(30)29-26(33)28-23-12-8-7-11-22(23)25(31)27-17-19-9-5-4-6-10-19/h4-16,18H,3,17H2,1-2H3,(H,27,31)(H2,28,29,30,33). The highest BCUT2D eigenvalue weighted by Crippen LogP contribution is 2.17. The SMILES string of the molecule is CCC(C)Oc1ccc(C(=O)NC(=S)Nc2ccccc2C(=O)NCc2ccccc2)cc1. The van der Waals surface area contributed by atoms with Crippen molar-refractivity contribution in [3.8, 4) is 5.75 Å². The molecule has 3 N–H and O–H groups in total. The molecule has 0 saturated carbocycles. The third-order valence-electron chi connectivity index (χ3n) is 4.97. The predicted octanol–water partition coefficient (Wildman–Crippen LogP) is 4.92. The Morgan fingerprint density at radius 3 is 2.27 bits per heavy atom. The van der Waals surface area contributed by atoms with Crippen molar-refractivity contribution >= 4 is 34.8 Å². The number of hydrogen-bond donors (Lipinski definition) is 3. The van der Waals surface area contributed by atoms with Gasteiger partial charge < -0.3 is 15.4 Å². The van der Waals surface area contributed by atoms with Crippen molar-refractivity contribution in [2.24, 2.45) is 0 Å². The Balaban J connectivity index is 1.59. The zero-order chi connectivity index (χ0) is 23.6. The Kier molecular flexibility index (Phi) is 8.55. The van der Waals surface area contributed by atoms with Crippen molar-refractivity contribution in [3.63, 3.8) is 0 Å². The maximum absolute atomic E-state index is 12.7. The quantitative estimate of drug-likeness (QED) is 0.415. The normalized spacial score (nSPS) is 11.2. The summed E-state index contributed by atoms with van der Waals surface area (Å²) in [6.07, 6.45) is 1.000. The lowest BCUT2D eigenvalue weighted by Crippen LogP contribution is -2.35. The van der Waals surface area contributed by atoms with Crippen LogP contribution in [0.5, 0.6) is 5.75 Å². The molecule has 0 heterocycles. The van der Waals surface area contributed by atoms with Crippen LogP contribution in [0.3, 0.4) is 0 Å². The fraction of sp³-hybridized carbons (Fsp3) is 0.192. The lowest BCUT2D eigenvalue weighted by atomic mass is 10.1. The third kappa shape index (κ3) is 7.15. The first-order valence-corrected chi connectivity index (χ1v) is 11.2. The zero-order valence-corrected chi connectivity index (χ0v) is 19.4. The second kappa shape index (κ2) is 11.8. The molecule has 33 heavy (non-hydrogen) atoms.